The SMILES string of the molecule is CSc1ccccc1C(=O)c1ccc(C)c(C)c1. The minimum Gasteiger partial charge on any atom is -0.289 e. The van der Waals surface area contributed by atoms with Gasteiger partial charge in [0.2, 0.25) is 0 Å². The predicted molar refractivity (Wildman–Crippen MR) is 77.6 cm³/mol. The quantitative estimate of drug-likeness (QED) is 0.603. The lowest BCUT2D eigenvalue weighted by Crippen LogP contribution is -2.03. The minimum absolute atomic E-state index is 0.100. The van der Waals surface area contributed by atoms with Crippen molar-refractivity contribution in [3.05, 3.63) is 64.7 Å². The van der Waals surface area contributed by atoms with E-state index in [1.165, 1.54) is 5.56 Å². The van der Waals surface area contributed by atoms with Crippen molar-refractivity contribution in [3.63, 3.8) is 0 Å². The minimum atomic E-state index is 0.100. The molecule has 0 saturated heterocycles. The van der Waals surface area contributed by atoms with Crippen LogP contribution in [0.3, 0.4) is 0 Å². The Balaban J connectivity index is 2.44. The predicted octanol–water partition coefficient (Wildman–Crippen LogP) is 4.26. The molecular weight excluding hydrogens is 240 g/mol. The molecule has 2 aromatic carbocycles. The summed E-state index contributed by atoms with van der Waals surface area (Å²) in [6, 6.07) is 13.6. The molecule has 2 heteroatoms. The first kappa shape index (κ1) is 12.9. The molecule has 0 fully saturated rings. The van der Waals surface area contributed by atoms with E-state index in [-0.39, 0.29) is 5.78 Å². The van der Waals surface area contributed by atoms with Crippen molar-refractivity contribution in [1.82, 2.24) is 0 Å². The molecule has 0 spiro atoms. The largest absolute Gasteiger partial charge is 0.289 e. The second-order valence-electron chi connectivity index (χ2n) is 4.33. The first-order chi connectivity index (χ1) is 8.63. The normalized spacial score (nSPS) is 10.4. The smallest absolute Gasteiger partial charge is 0.194 e. The number of rotatable bonds is 3. The molecule has 0 bridgehead atoms. The molecule has 0 aliphatic heterocycles. The summed E-state index contributed by atoms with van der Waals surface area (Å²) < 4.78 is 0. The molecule has 18 heavy (non-hydrogen) atoms. The molecular formula is C16H16OS. The topological polar surface area (TPSA) is 17.1 Å². The molecule has 1 nitrogen and oxygen atoms in total. The van der Waals surface area contributed by atoms with Gasteiger partial charge in [0.1, 0.15) is 0 Å². The van der Waals surface area contributed by atoms with Gasteiger partial charge >= 0.3 is 0 Å². The maximum atomic E-state index is 12.5. The molecule has 92 valence electrons. The van der Waals surface area contributed by atoms with Crippen molar-refractivity contribution in [2.45, 2.75) is 18.7 Å². The van der Waals surface area contributed by atoms with Gasteiger partial charge in [0.15, 0.2) is 5.78 Å². The number of ketones is 1. The molecule has 0 N–H and O–H groups in total. The van der Waals surface area contributed by atoms with Gasteiger partial charge in [-0.3, -0.25) is 4.79 Å². The highest BCUT2D eigenvalue weighted by Crippen LogP contribution is 2.23. The van der Waals surface area contributed by atoms with Crippen LogP contribution < -0.4 is 0 Å². The Hall–Kier alpha value is -1.54. The highest BCUT2D eigenvalue weighted by atomic mass is 32.2. The monoisotopic (exact) mass is 256 g/mol. The number of carbonyl (C=O) groups is 1. The summed E-state index contributed by atoms with van der Waals surface area (Å²) in [5, 5.41) is 0. The van der Waals surface area contributed by atoms with Crippen molar-refractivity contribution in [3.8, 4) is 0 Å². The van der Waals surface area contributed by atoms with Crippen LogP contribution in [-0.4, -0.2) is 12.0 Å². The molecule has 2 aromatic rings. The van der Waals surface area contributed by atoms with Crippen LogP contribution in [0.1, 0.15) is 27.0 Å². The zero-order chi connectivity index (χ0) is 13.1. The van der Waals surface area contributed by atoms with Gasteiger partial charge in [-0.1, -0.05) is 24.3 Å². The summed E-state index contributed by atoms with van der Waals surface area (Å²) in [5.41, 5.74) is 3.92. The Morgan fingerprint density at radius 1 is 1.00 bits per heavy atom. The first-order valence-electron chi connectivity index (χ1n) is 5.88. The van der Waals surface area contributed by atoms with Crippen LogP contribution in [0.25, 0.3) is 0 Å². The van der Waals surface area contributed by atoms with E-state index < -0.39 is 0 Å². The van der Waals surface area contributed by atoms with E-state index in [4.69, 9.17) is 0 Å². The first-order valence-corrected chi connectivity index (χ1v) is 7.11. The van der Waals surface area contributed by atoms with Crippen LogP contribution in [0.2, 0.25) is 0 Å². The van der Waals surface area contributed by atoms with Crippen molar-refractivity contribution in [2.24, 2.45) is 0 Å². The standard InChI is InChI=1S/C16H16OS/c1-11-8-9-13(10-12(11)2)16(17)14-6-4-5-7-15(14)18-3/h4-10H,1-3H3. The van der Waals surface area contributed by atoms with Crippen molar-refractivity contribution < 1.29 is 4.79 Å². The Morgan fingerprint density at radius 3 is 2.39 bits per heavy atom. The number of aryl methyl sites for hydroxylation is 2. The third kappa shape index (κ3) is 2.49. The average molecular weight is 256 g/mol. The number of thioether (sulfide) groups is 1. The molecule has 0 aliphatic carbocycles. The molecule has 0 unspecified atom stereocenters. The Labute approximate surface area is 112 Å². The molecule has 0 saturated carbocycles. The van der Waals surface area contributed by atoms with E-state index in [1.54, 1.807) is 11.8 Å². The Morgan fingerprint density at radius 2 is 1.72 bits per heavy atom. The Bertz CT molecular complexity index is 587. The van der Waals surface area contributed by atoms with E-state index in [2.05, 4.69) is 6.92 Å². The zero-order valence-electron chi connectivity index (χ0n) is 10.9. The van der Waals surface area contributed by atoms with Crippen molar-refractivity contribution in [2.75, 3.05) is 6.26 Å². The molecule has 0 atom stereocenters. The second kappa shape index (κ2) is 5.40. The average Bonchev–Trinajstić information content (AvgIpc) is 2.41. The maximum Gasteiger partial charge on any atom is 0.194 e. The van der Waals surface area contributed by atoms with E-state index >= 15 is 0 Å². The van der Waals surface area contributed by atoms with Crippen molar-refractivity contribution >= 4 is 17.5 Å². The summed E-state index contributed by atoms with van der Waals surface area (Å²) in [5.74, 6) is 0.100. The van der Waals surface area contributed by atoms with Crippen LogP contribution in [-0.2, 0) is 0 Å². The molecule has 0 aromatic heterocycles. The fourth-order valence-corrected chi connectivity index (χ4v) is 2.47. The summed E-state index contributed by atoms with van der Waals surface area (Å²) in [6.07, 6.45) is 1.99. The molecule has 2 rings (SSSR count). The lowest BCUT2D eigenvalue weighted by molar-refractivity contribution is 0.103. The fraction of sp³-hybridized carbons (Fsp3) is 0.188. The maximum absolute atomic E-state index is 12.5. The van der Waals surface area contributed by atoms with Gasteiger partial charge in [0.05, 0.1) is 0 Å². The van der Waals surface area contributed by atoms with Gasteiger partial charge in [-0.05, 0) is 49.4 Å². The number of benzene rings is 2. The van der Waals surface area contributed by atoms with Gasteiger partial charge in [0.25, 0.3) is 0 Å². The van der Waals surface area contributed by atoms with Crippen LogP contribution in [0.15, 0.2) is 47.4 Å². The van der Waals surface area contributed by atoms with Gasteiger partial charge in [0, 0.05) is 16.0 Å². The zero-order valence-corrected chi connectivity index (χ0v) is 11.7. The van der Waals surface area contributed by atoms with E-state index in [1.807, 2.05) is 55.6 Å². The van der Waals surface area contributed by atoms with E-state index in [0.717, 1.165) is 21.6 Å². The highest BCUT2D eigenvalue weighted by Gasteiger charge is 2.13. The fourth-order valence-electron chi connectivity index (χ4n) is 1.87. The summed E-state index contributed by atoms with van der Waals surface area (Å²) >= 11 is 1.60. The van der Waals surface area contributed by atoms with Crippen LogP contribution in [0.5, 0.6) is 0 Å². The highest BCUT2D eigenvalue weighted by molar-refractivity contribution is 7.98. The summed E-state index contributed by atoms with van der Waals surface area (Å²) in [4.78, 5) is 13.5. The molecule has 0 amide bonds. The Kier molecular flexibility index (Phi) is 3.87. The molecule has 0 aliphatic rings. The van der Waals surface area contributed by atoms with E-state index in [9.17, 15) is 4.79 Å². The molecule has 0 heterocycles. The van der Waals surface area contributed by atoms with Crippen molar-refractivity contribution in [1.29, 1.82) is 0 Å². The third-order valence-corrected chi connectivity index (χ3v) is 3.92. The van der Waals surface area contributed by atoms with Gasteiger partial charge in [-0.15, -0.1) is 11.8 Å². The second-order valence-corrected chi connectivity index (χ2v) is 5.18. The van der Waals surface area contributed by atoms with E-state index in [0.29, 0.717) is 0 Å². The van der Waals surface area contributed by atoms with Gasteiger partial charge < -0.3 is 0 Å². The van der Waals surface area contributed by atoms with Gasteiger partial charge in [-0.2, -0.15) is 0 Å². The summed E-state index contributed by atoms with van der Waals surface area (Å²) in [7, 11) is 0. The number of hydrogen-bond donors (Lipinski definition) is 0. The van der Waals surface area contributed by atoms with Crippen LogP contribution in [0.4, 0.5) is 0 Å². The molecule has 0 radical (unpaired) electrons. The lowest BCUT2D eigenvalue weighted by Gasteiger charge is -2.08. The number of carbonyl (C=O) groups excluding carboxylic acids is 1. The lowest BCUT2D eigenvalue weighted by atomic mass is 9.99. The summed E-state index contributed by atoms with van der Waals surface area (Å²) in [6.45, 7) is 4.09. The van der Waals surface area contributed by atoms with Crippen LogP contribution >= 0.6 is 11.8 Å². The van der Waals surface area contributed by atoms with Crippen LogP contribution in [0, 0.1) is 13.8 Å². The third-order valence-electron chi connectivity index (χ3n) is 3.12. The number of hydrogen-bond acceptors (Lipinski definition) is 2. The van der Waals surface area contributed by atoms with Gasteiger partial charge in [-0.25, -0.2) is 0 Å².